The molecule has 0 aliphatic carbocycles. The largest absolute Gasteiger partial charge is 0.296 e. The van der Waals surface area contributed by atoms with Crippen molar-refractivity contribution in [2.24, 2.45) is 0 Å². The molecule has 0 spiro atoms. The van der Waals surface area contributed by atoms with E-state index in [9.17, 15) is 0 Å². The Morgan fingerprint density at radius 3 is 2.68 bits per heavy atom. The van der Waals surface area contributed by atoms with E-state index in [1.54, 1.807) is 0 Å². The fourth-order valence-electron chi connectivity index (χ4n) is 2.95. The van der Waals surface area contributed by atoms with Gasteiger partial charge in [-0.05, 0) is 43.0 Å². The van der Waals surface area contributed by atoms with Gasteiger partial charge >= 0.3 is 0 Å². The fraction of sp³-hybridized carbons (Fsp3) is 0.353. The molecule has 2 heteroatoms. The van der Waals surface area contributed by atoms with Crippen molar-refractivity contribution in [2.75, 3.05) is 6.54 Å². The summed E-state index contributed by atoms with van der Waals surface area (Å²) < 4.78 is 0. The predicted octanol–water partition coefficient (Wildman–Crippen LogP) is 3.29. The van der Waals surface area contributed by atoms with Crippen molar-refractivity contribution in [2.45, 2.75) is 31.8 Å². The van der Waals surface area contributed by atoms with Gasteiger partial charge in [-0.3, -0.25) is 9.88 Å². The summed E-state index contributed by atoms with van der Waals surface area (Å²) in [5.74, 6) is 0. The molecule has 3 rings (SSSR count). The van der Waals surface area contributed by atoms with Crippen LogP contribution in [0.5, 0.6) is 0 Å². The molecule has 0 bridgehead atoms. The summed E-state index contributed by atoms with van der Waals surface area (Å²) in [5.41, 5.74) is 2.77. The van der Waals surface area contributed by atoms with E-state index in [0.717, 1.165) is 6.54 Å². The first-order valence-electron chi connectivity index (χ1n) is 7.09. The highest BCUT2D eigenvalue weighted by Gasteiger charge is 2.24. The van der Waals surface area contributed by atoms with Gasteiger partial charge in [0.25, 0.3) is 0 Å². The standard InChI is InChI=1S/C17H20N2/c1-2-6-15(7-3-1)12-17-9-5-11-19(17)14-16-8-4-10-18-13-16/h1-4,6-8,10,13,17H,5,9,11-12,14H2. The lowest BCUT2D eigenvalue weighted by Crippen LogP contribution is -2.30. The minimum atomic E-state index is 0.683. The van der Waals surface area contributed by atoms with Gasteiger partial charge in [-0.15, -0.1) is 0 Å². The van der Waals surface area contributed by atoms with E-state index in [4.69, 9.17) is 0 Å². The van der Waals surface area contributed by atoms with Crippen LogP contribution in [-0.4, -0.2) is 22.5 Å². The van der Waals surface area contributed by atoms with E-state index < -0.39 is 0 Å². The van der Waals surface area contributed by atoms with Crippen molar-refractivity contribution in [3.05, 3.63) is 66.0 Å². The summed E-state index contributed by atoms with van der Waals surface area (Å²) in [4.78, 5) is 6.81. The Morgan fingerprint density at radius 2 is 1.89 bits per heavy atom. The molecule has 1 aliphatic rings. The van der Waals surface area contributed by atoms with E-state index in [-0.39, 0.29) is 0 Å². The first-order chi connectivity index (χ1) is 9.42. The predicted molar refractivity (Wildman–Crippen MR) is 77.8 cm³/mol. The van der Waals surface area contributed by atoms with Crippen LogP contribution in [0.3, 0.4) is 0 Å². The fourth-order valence-corrected chi connectivity index (χ4v) is 2.95. The molecule has 1 aliphatic heterocycles. The molecular weight excluding hydrogens is 232 g/mol. The number of hydrogen-bond acceptors (Lipinski definition) is 2. The molecule has 2 aromatic rings. The topological polar surface area (TPSA) is 16.1 Å². The minimum Gasteiger partial charge on any atom is -0.296 e. The number of pyridine rings is 1. The molecule has 1 aromatic heterocycles. The molecule has 19 heavy (non-hydrogen) atoms. The maximum absolute atomic E-state index is 4.21. The molecule has 1 fully saturated rings. The van der Waals surface area contributed by atoms with Gasteiger partial charge in [0, 0.05) is 25.0 Å². The smallest absolute Gasteiger partial charge is 0.0312 e. The van der Waals surface area contributed by atoms with Gasteiger partial charge in [-0.25, -0.2) is 0 Å². The zero-order valence-corrected chi connectivity index (χ0v) is 11.2. The molecule has 0 radical (unpaired) electrons. The minimum absolute atomic E-state index is 0.683. The number of rotatable bonds is 4. The van der Waals surface area contributed by atoms with Crippen molar-refractivity contribution in [3.63, 3.8) is 0 Å². The van der Waals surface area contributed by atoms with Crippen LogP contribution in [0.25, 0.3) is 0 Å². The van der Waals surface area contributed by atoms with Gasteiger partial charge < -0.3 is 0 Å². The van der Waals surface area contributed by atoms with Crippen molar-refractivity contribution < 1.29 is 0 Å². The average molecular weight is 252 g/mol. The van der Waals surface area contributed by atoms with Crippen LogP contribution in [-0.2, 0) is 13.0 Å². The maximum Gasteiger partial charge on any atom is 0.0312 e. The lowest BCUT2D eigenvalue weighted by molar-refractivity contribution is 0.243. The van der Waals surface area contributed by atoms with E-state index in [2.05, 4.69) is 46.3 Å². The second-order valence-corrected chi connectivity index (χ2v) is 5.32. The van der Waals surface area contributed by atoms with Crippen LogP contribution in [0.15, 0.2) is 54.9 Å². The van der Waals surface area contributed by atoms with E-state index in [1.165, 1.54) is 36.9 Å². The maximum atomic E-state index is 4.21. The van der Waals surface area contributed by atoms with Gasteiger partial charge in [0.05, 0.1) is 0 Å². The molecule has 0 saturated carbocycles. The van der Waals surface area contributed by atoms with Gasteiger partial charge in [0.2, 0.25) is 0 Å². The summed E-state index contributed by atoms with van der Waals surface area (Å²) in [6, 6.07) is 15.7. The molecular formula is C17H20N2. The van der Waals surface area contributed by atoms with E-state index >= 15 is 0 Å². The third-order valence-electron chi connectivity index (χ3n) is 3.92. The van der Waals surface area contributed by atoms with Crippen molar-refractivity contribution >= 4 is 0 Å². The molecule has 1 unspecified atom stereocenters. The lowest BCUT2D eigenvalue weighted by Gasteiger charge is -2.24. The Hall–Kier alpha value is -1.67. The lowest BCUT2D eigenvalue weighted by atomic mass is 10.0. The summed E-state index contributed by atoms with van der Waals surface area (Å²) in [7, 11) is 0. The SMILES string of the molecule is c1ccc(CC2CCCN2Cc2cccnc2)cc1. The van der Waals surface area contributed by atoms with Crippen LogP contribution in [0, 0.1) is 0 Å². The number of benzene rings is 1. The Kier molecular flexibility index (Phi) is 3.89. The second-order valence-electron chi connectivity index (χ2n) is 5.32. The summed E-state index contributed by atoms with van der Waals surface area (Å²) >= 11 is 0. The highest BCUT2D eigenvalue weighted by Crippen LogP contribution is 2.23. The van der Waals surface area contributed by atoms with Gasteiger partial charge in [-0.1, -0.05) is 36.4 Å². The van der Waals surface area contributed by atoms with Gasteiger partial charge in [0.1, 0.15) is 0 Å². The molecule has 1 atom stereocenters. The average Bonchev–Trinajstić information content (AvgIpc) is 2.88. The molecule has 2 heterocycles. The summed E-state index contributed by atoms with van der Waals surface area (Å²) in [5, 5.41) is 0. The molecule has 98 valence electrons. The zero-order valence-electron chi connectivity index (χ0n) is 11.2. The summed E-state index contributed by atoms with van der Waals surface area (Å²) in [6.07, 6.45) is 7.63. The number of likely N-dealkylation sites (tertiary alicyclic amines) is 1. The first-order valence-corrected chi connectivity index (χ1v) is 7.09. The van der Waals surface area contributed by atoms with Crippen molar-refractivity contribution in [1.29, 1.82) is 0 Å². The van der Waals surface area contributed by atoms with Crippen molar-refractivity contribution in [3.8, 4) is 0 Å². The monoisotopic (exact) mass is 252 g/mol. The molecule has 0 amide bonds. The number of nitrogens with zero attached hydrogens (tertiary/aromatic N) is 2. The highest BCUT2D eigenvalue weighted by atomic mass is 15.2. The third-order valence-corrected chi connectivity index (χ3v) is 3.92. The molecule has 2 nitrogen and oxygen atoms in total. The normalized spacial score (nSPS) is 19.7. The van der Waals surface area contributed by atoms with Crippen LogP contribution in [0.4, 0.5) is 0 Å². The van der Waals surface area contributed by atoms with E-state index in [0.29, 0.717) is 6.04 Å². The Bertz CT molecular complexity index is 448. The number of hydrogen-bond donors (Lipinski definition) is 0. The van der Waals surface area contributed by atoms with Gasteiger partial charge in [0.15, 0.2) is 0 Å². The third kappa shape index (κ3) is 3.21. The first kappa shape index (κ1) is 12.4. The highest BCUT2D eigenvalue weighted by molar-refractivity contribution is 5.17. The van der Waals surface area contributed by atoms with Crippen molar-refractivity contribution in [1.82, 2.24) is 9.88 Å². The van der Waals surface area contributed by atoms with Crippen LogP contribution >= 0.6 is 0 Å². The quantitative estimate of drug-likeness (QED) is 0.830. The Balaban J connectivity index is 1.65. The van der Waals surface area contributed by atoms with E-state index in [1.807, 2.05) is 18.5 Å². The van der Waals surface area contributed by atoms with Crippen LogP contribution < -0.4 is 0 Å². The Morgan fingerprint density at radius 1 is 1.05 bits per heavy atom. The molecule has 1 aromatic carbocycles. The molecule has 1 saturated heterocycles. The van der Waals surface area contributed by atoms with Crippen LogP contribution in [0.1, 0.15) is 24.0 Å². The Labute approximate surface area is 115 Å². The zero-order chi connectivity index (χ0) is 12.9. The summed E-state index contributed by atoms with van der Waals surface area (Å²) in [6.45, 7) is 2.25. The second kappa shape index (κ2) is 5.98. The van der Waals surface area contributed by atoms with Crippen LogP contribution in [0.2, 0.25) is 0 Å². The number of aromatic nitrogens is 1. The van der Waals surface area contributed by atoms with Gasteiger partial charge in [-0.2, -0.15) is 0 Å². The molecule has 0 N–H and O–H groups in total.